The average Bonchev–Trinajstić information content (AvgIpc) is 2.52. The molecule has 0 atom stereocenters. The van der Waals surface area contributed by atoms with Crippen LogP contribution in [0.25, 0.3) is 11.1 Å². The lowest BCUT2D eigenvalue weighted by Gasteiger charge is -2.13. The van der Waals surface area contributed by atoms with Crippen molar-refractivity contribution in [1.82, 2.24) is 4.98 Å². The third-order valence-electron chi connectivity index (χ3n) is 3.27. The summed E-state index contributed by atoms with van der Waals surface area (Å²) in [6, 6.07) is 6.15. The molecule has 1 aromatic heterocycles. The molecule has 8 nitrogen and oxygen atoms in total. The molecular formula is C15H13N3O5. The van der Waals surface area contributed by atoms with Crippen molar-refractivity contribution in [3.63, 3.8) is 0 Å². The van der Waals surface area contributed by atoms with Crippen LogP contribution in [0.15, 0.2) is 23.0 Å². The normalized spacial score (nSPS) is 10.0. The van der Waals surface area contributed by atoms with Crippen molar-refractivity contribution in [1.29, 1.82) is 5.26 Å². The summed E-state index contributed by atoms with van der Waals surface area (Å²) in [7, 11) is 2.65. The summed E-state index contributed by atoms with van der Waals surface area (Å²) >= 11 is 0. The molecule has 1 aromatic carbocycles. The maximum atomic E-state index is 12.0. The molecule has 1 heterocycles. The van der Waals surface area contributed by atoms with E-state index in [1.54, 1.807) is 13.0 Å². The summed E-state index contributed by atoms with van der Waals surface area (Å²) < 4.78 is 10.2. The van der Waals surface area contributed by atoms with Gasteiger partial charge < -0.3 is 14.5 Å². The van der Waals surface area contributed by atoms with Crippen LogP contribution >= 0.6 is 0 Å². The van der Waals surface area contributed by atoms with Crippen LogP contribution in [0.5, 0.6) is 11.5 Å². The van der Waals surface area contributed by atoms with Gasteiger partial charge >= 0.3 is 5.69 Å². The van der Waals surface area contributed by atoms with Gasteiger partial charge in [-0.1, -0.05) is 0 Å². The number of nitriles is 1. The fourth-order valence-electron chi connectivity index (χ4n) is 2.33. The van der Waals surface area contributed by atoms with Crippen LogP contribution in [0.3, 0.4) is 0 Å². The number of ether oxygens (including phenoxy) is 2. The summed E-state index contributed by atoms with van der Waals surface area (Å²) in [4.78, 5) is 25.4. The van der Waals surface area contributed by atoms with Crippen molar-refractivity contribution in [2.24, 2.45) is 0 Å². The number of aromatic nitrogens is 1. The molecule has 0 unspecified atom stereocenters. The molecule has 23 heavy (non-hydrogen) atoms. The molecule has 0 spiro atoms. The minimum Gasteiger partial charge on any atom is -0.496 e. The Morgan fingerprint density at radius 2 is 1.87 bits per heavy atom. The monoisotopic (exact) mass is 315 g/mol. The van der Waals surface area contributed by atoms with Gasteiger partial charge in [0, 0.05) is 11.3 Å². The molecule has 2 rings (SSSR count). The van der Waals surface area contributed by atoms with E-state index in [1.807, 2.05) is 0 Å². The summed E-state index contributed by atoms with van der Waals surface area (Å²) in [5.74, 6) is 0.173. The Kier molecular flexibility index (Phi) is 4.32. The van der Waals surface area contributed by atoms with Crippen LogP contribution < -0.4 is 15.0 Å². The van der Waals surface area contributed by atoms with Gasteiger partial charge in [-0.15, -0.1) is 0 Å². The number of H-pyrrole nitrogens is 1. The Labute approximate surface area is 131 Å². The van der Waals surface area contributed by atoms with Crippen LogP contribution in [0.1, 0.15) is 11.3 Å². The molecule has 0 aliphatic carbocycles. The SMILES string of the molecule is COc1ccc(OC)c([N+](=O)[O-])c1-c1cc(C)[nH]c(=O)c1C#N. The minimum absolute atomic E-state index is 0.00706. The summed E-state index contributed by atoms with van der Waals surface area (Å²) in [5.41, 5.74) is -0.609. The van der Waals surface area contributed by atoms with Gasteiger partial charge in [0.1, 0.15) is 22.9 Å². The Balaban J connectivity index is 3.02. The molecule has 0 amide bonds. The number of hydrogen-bond acceptors (Lipinski definition) is 6. The van der Waals surface area contributed by atoms with E-state index in [4.69, 9.17) is 9.47 Å². The first kappa shape index (κ1) is 16.0. The Bertz CT molecular complexity index is 880. The number of methoxy groups -OCH3 is 2. The highest BCUT2D eigenvalue weighted by Crippen LogP contribution is 2.44. The lowest BCUT2D eigenvalue weighted by atomic mass is 9.97. The molecular weight excluding hydrogens is 302 g/mol. The first-order valence-corrected chi connectivity index (χ1v) is 6.48. The summed E-state index contributed by atoms with van der Waals surface area (Å²) in [6.45, 7) is 1.62. The quantitative estimate of drug-likeness (QED) is 0.682. The molecule has 0 fully saturated rings. The summed E-state index contributed by atoms with van der Waals surface area (Å²) in [6.07, 6.45) is 0. The number of aromatic amines is 1. The Morgan fingerprint density at radius 3 is 2.39 bits per heavy atom. The number of nitro groups is 1. The molecule has 118 valence electrons. The molecule has 0 aliphatic rings. The van der Waals surface area contributed by atoms with Crippen LogP contribution in [0.4, 0.5) is 5.69 Å². The number of nitrogens with one attached hydrogen (secondary N) is 1. The largest absolute Gasteiger partial charge is 0.496 e. The first-order chi connectivity index (χ1) is 10.9. The highest BCUT2D eigenvalue weighted by atomic mass is 16.6. The number of aryl methyl sites for hydroxylation is 1. The third-order valence-corrected chi connectivity index (χ3v) is 3.27. The molecule has 0 saturated carbocycles. The smallest absolute Gasteiger partial charge is 0.322 e. The van der Waals surface area contributed by atoms with Gasteiger partial charge in [0.2, 0.25) is 0 Å². The predicted octanol–water partition coefficient (Wildman–Crippen LogP) is 2.15. The average molecular weight is 315 g/mol. The second-order valence-corrected chi connectivity index (χ2v) is 4.63. The van der Waals surface area contributed by atoms with E-state index in [9.17, 15) is 20.2 Å². The Hall–Kier alpha value is -3.34. The van der Waals surface area contributed by atoms with Crippen molar-refractivity contribution in [2.75, 3.05) is 14.2 Å². The molecule has 0 saturated heterocycles. The highest BCUT2D eigenvalue weighted by molar-refractivity contribution is 5.86. The number of benzene rings is 1. The van der Waals surface area contributed by atoms with E-state index < -0.39 is 10.5 Å². The van der Waals surface area contributed by atoms with Gasteiger partial charge in [-0.05, 0) is 25.1 Å². The van der Waals surface area contributed by atoms with E-state index >= 15 is 0 Å². The minimum atomic E-state index is -0.631. The molecule has 0 bridgehead atoms. The van der Waals surface area contributed by atoms with Gasteiger partial charge in [-0.2, -0.15) is 5.26 Å². The zero-order chi connectivity index (χ0) is 17.1. The number of nitro benzene ring substituents is 1. The maximum Gasteiger partial charge on any atom is 0.322 e. The fourth-order valence-corrected chi connectivity index (χ4v) is 2.33. The summed E-state index contributed by atoms with van der Waals surface area (Å²) in [5, 5.41) is 20.8. The number of rotatable bonds is 4. The molecule has 0 aliphatic heterocycles. The van der Waals surface area contributed by atoms with Crippen molar-refractivity contribution in [3.8, 4) is 28.7 Å². The van der Waals surface area contributed by atoms with Gasteiger partial charge in [0.15, 0.2) is 5.75 Å². The van der Waals surface area contributed by atoms with E-state index in [-0.39, 0.29) is 33.9 Å². The van der Waals surface area contributed by atoms with Crippen LogP contribution in [-0.4, -0.2) is 24.1 Å². The van der Waals surface area contributed by atoms with Crippen LogP contribution in [0, 0.1) is 28.4 Å². The van der Waals surface area contributed by atoms with Gasteiger partial charge in [-0.25, -0.2) is 0 Å². The van der Waals surface area contributed by atoms with Gasteiger partial charge in [0.05, 0.1) is 19.1 Å². The Morgan fingerprint density at radius 1 is 1.26 bits per heavy atom. The molecule has 8 heteroatoms. The number of hydrogen-bond donors (Lipinski definition) is 1. The topological polar surface area (TPSA) is 118 Å². The lowest BCUT2D eigenvalue weighted by Crippen LogP contribution is -2.13. The second-order valence-electron chi connectivity index (χ2n) is 4.63. The van der Waals surface area contributed by atoms with Crippen LogP contribution in [0.2, 0.25) is 0 Å². The zero-order valence-corrected chi connectivity index (χ0v) is 12.7. The first-order valence-electron chi connectivity index (χ1n) is 6.48. The zero-order valence-electron chi connectivity index (χ0n) is 12.7. The van der Waals surface area contributed by atoms with Crippen molar-refractivity contribution < 1.29 is 14.4 Å². The predicted molar refractivity (Wildman–Crippen MR) is 81.7 cm³/mol. The van der Waals surface area contributed by atoms with Crippen molar-refractivity contribution >= 4 is 5.69 Å². The fraction of sp³-hybridized carbons (Fsp3) is 0.200. The van der Waals surface area contributed by atoms with E-state index in [1.165, 1.54) is 32.4 Å². The molecule has 2 aromatic rings. The highest BCUT2D eigenvalue weighted by Gasteiger charge is 2.28. The second kappa shape index (κ2) is 6.19. The number of pyridine rings is 1. The van der Waals surface area contributed by atoms with E-state index in [0.717, 1.165) is 0 Å². The van der Waals surface area contributed by atoms with Crippen molar-refractivity contribution in [2.45, 2.75) is 6.92 Å². The maximum absolute atomic E-state index is 12.0. The third kappa shape index (κ3) is 2.72. The number of nitrogens with zero attached hydrogens (tertiary/aromatic N) is 2. The molecule has 0 radical (unpaired) electrons. The van der Waals surface area contributed by atoms with Gasteiger partial charge in [-0.3, -0.25) is 14.9 Å². The van der Waals surface area contributed by atoms with E-state index in [2.05, 4.69) is 4.98 Å². The van der Waals surface area contributed by atoms with Crippen LogP contribution in [-0.2, 0) is 0 Å². The van der Waals surface area contributed by atoms with Crippen molar-refractivity contribution in [3.05, 3.63) is 49.9 Å². The lowest BCUT2D eigenvalue weighted by molar-refractivity contribution is -0.385. The molecule has 1 N–H and O–H groups in total. The standard InChI is InChI=1S/C15H13N3O5/c1-8-6-9(10(7-16)15(19)17-8)13-11(22-2)4-5-12(23-3)14(13)18(20)21/h4-6H,1-3H3,(H,17,19). The van der Waals surface area contributed by atoms with E-state index in [0.29, 0.717) is 5.69 Å². The van der Waals surface area contributed by atoms with Gasteiger partial charge in [0.25, 0.3) is 5.56 Å².